The zero-order chi connectivity index (χ0) is 20.8. The first-order valence-electron chi connectivity index (χ1n) is 10.1. The third kappa shape index (κ3) is 4.69. The summed E-state index contributed by atoms with van der Waals surface area (Å²) >= 11 is 0. The van der Waals surface area contributed by atoms with E-state index in [2.05, 4.69) is 27.9 Å². The first kappa shape index (κ1) is 20.1. The van der Waals surface area contributed by atoms with Crippen LogP contribution < -0.4 is 20.3 Å². The van der Waals surface area contributed by atoms with Crippen molar-refractivity contribution in [1.29, 1.82) is 0 Å². The van der Waals surface area contributed by atoms with Gasteiger partial charge in [0.15, 0.2) is 0 Å². The molecule has 1 aliphatic rings. The normalized spacial score (nSPS) is 17.8. The Kier molecular flexibility index (Phi) is 6.41. The lowest BCUT2D eigenvalue weighted by Gasteiger charge is -2.30. The minimum Gasteiger partial charge on any atom is -0.497 e. The molecule has 30 heavy (non-hydrogen) atoms. The maximum absolute atomic E-state index is 9.64. The number of rotatable bonds is 8. The van der Waals surface area contributed by atoms with E-state index in [9.17, 15) is 5.21 Å². The second kappa shape index (κ2) is 9.56. The van der Waals surface area contributed by atoms with Crippen molar-refractivity contribution >= 4 is 5.95 Å². The topological polar surface area (TPSA) is 88.5 Å². The highest BCUT2D eigenvalue weighted by atomic mass is 16.5. The van der Waals surface area contributed by atoms with Crippen LogP contribution in [-0.2, 0) is 6.42 Å². The van der Waals surface area contributed by atoms with Gasteiger partial charge in [-0.2, -0.15) is 5.48 Å². The first-order valence-corrected chi connectivity index (χ1v) is 10.1. The van der Waals surface area contributed by atoms with E-state index in [1.54, 1.807) is 13.3 Å². The van der Waals surface area contributed by atoms with Crippen molar-refractivity contribution in [1.82, 2.24) is 15.4 Å². The van der Waals surface area contributed by atoms with Gasteiger partial charge in [-0.05, 0) is 48.6 Å². The van der Waals surface area contributed by atoms with E-state index in [0.717, 1.165) is 35.6 Å². The number of anilines is 1. The van der Waals surface area contributed by atoms with Gasteiger partial charge in [-0.15, -0.1) is 0 Å². The van der Waals surface area contributed by atoms with Gasteiger partial charge in [-0.1, -0.05) is 30.3 Å². The fourth-order valence-corrected chi connectivity index (χ4v) is 3.80. The molecule has 1 aliphatic carbocycles. The van der Waals surface area contributed by atoms with Gasteiger partial charge in [0.1, 0.15) is 18.1 Å². The van der Waals surface area contributed by atoms with E-state index >= 15 is 0 Å². The maximum atomic E-state index is 9.64. The number of aromatic nitrogens is 2. The van der Waals surface area contributed by atoms with Crippen molar-refractivity contribution in [3.8, 4) is 11.5 Å². The molecular formula is C23H26N4O3. The summed E-state index contributed by atoms with van der Waals surface area (Å²) in [5.74, 6) is 2.45. The van der Waals surface area contributed by atoms with Gasteiger partial charge in [0.25, 0.3) is 0 Å². The zero-order valence-electron chi connectivity index (χ0n) is 16.9. The van der Waals surface area contributed by atoms with Gasteiger partial charge in [0.2, 0.25) is 5.95 Å². The first-order chi connectivity index (χ1) is 14.8. The molecule has 4 rings (SSSR count). The quantitative estimate of drug-likeness (QED) is 0.388. The number of hydroxylamine groups is 1. The number of methoxy groups -OCH3 is 1. The van der Waals surface area contributed by atoms with Crippen LogP contribution in [-0.4, -0.2) is 35.4 Å². The average molecular weight is 406 g/mol. The number of benzene rings is 2. The van der Waals surface area contributed by atoms with E-state index in [1.165, 1.54) is 5.56 Å². The summed E-state index contributed by atoms with van der Waals surface area (Å²) in [4.78, 5) is 9.12. The third-order valence-corrected chi connectivity index (χ3v) is 5.38. The lowest BCUT2D eigenvalue weighted by Crippen LogP contribution is -2.28. The van der Waals surface area contributed by atoms with Crippen LogP contribution in [0.5, 0.6) is 11.5 Å². The predicted molar refractivity (Wildman–Crippen MR) is 114 cm³/mol. The van der Waals surface area contributed by atoms with Gasteiger partial charge in [0.05, 0.1) is 25.4 Å². The highest BCUT2D eigenvalue weighted by molar-refractivity contribution is 5.36. The second-order valence-electron chi connectivity index (χ2n) is 7.28. The molecule has 156 valence electrons. The van der Waals surface area contributed by atoms with Crippen molar-refractivity contribution in [3.05, 3.63) is 77.6 Å². The third-order valence-electron chi connectivity index (χ3n) is 5.38. The summed E-state index contributed by atoms with van der Waals surface area (Å²) in [6.07, 6.45) is 3.42. The molecule has 1 aromatic heterocycles. The summed E-state index contributed by atoms with van der Waals surface area (Å²) in [5, 5.41) is 12.9. The highest BCUT2D eigenvalue weighted by Crippen LogP contribution is 2.37. The van der Waals surface area contributed by atoms with Crippen molar-refractivity contribution in [2.45, 2.75) is 24.8 Å². The molecule has 0 amide bonds. The minimum atomic E-state index is -0.175. The molecule has 0 saturated carbocycles. The van der Waals surface area contributed by atoms with E-state index in [0.29, 0.717) is 25.0 Å². The molecular weight excluding hydrogens is 380 g/mol. The molecule has 3 N–H and O–H groups in total. The summed E-state index contributed by atoms with van der Waals surface area (Å²) in [6, 6.07) is 17.7. The van der Waals surface area contributed by atoms with Gasteiger partial charge in [0, 0.05) is 11.8 Å². The Balaban J connectivity index is 1.37. The van der Waals surface area contributed by atoms with Gasteiger partial charge < -0.3 is 20.0 Å². The number of ether oxygens (including phenoxy) is 2. The molecule has 0 aliphatic heterocycles. The number of nitrogens with one attached hydrogen (secondary N) is 2. The van der Waals surface area contributed by atoms with Crippen LogP contribution in [0.25, 0.3) is 0 Å². The van der Waals surface area contributed by atoms with Crippen LogP contribution in [0.4, 0.5) is 5.95 Å². The number of fused-ring (bicyclic) bond motifs is 1. The van der Waals surface area contributed by atoms with Crippen LogP contribution in [0.15, 0.2) is 60.8 Å². The second-order valence-corrected chi connectivity index (χ2v) is 7.28. The molecule has 0 saturated heterocycles. The molecule has 7 heteroatoms. The Bertz CT molecular complexity index is 950. The molecule has 0 spiro atoms. The summed E-state index contributed by atoms with van der Waals surface area (Å²) in [5.41, 5.74) is 5.59. The lowest BCUT2D eigenvalue weighted by molar-refractivity contribution is 0.113. The molecule has 3 aromatic rings. The SMILES string of the molecule is COc1ccc(OCCNc2ncc3c(n2)CC(c2ccccc2)CC3NO)cc1. The Hall–Kier alpha value is -3.16. The molecule has 2 atom stereocenters. The summed E-state index contributed by atoms with van der Waals surface area (Å²) in [7, 11) is 1.64. The molecule has 0 radical (unpaired) electrons. The van der Waals surface area contributed by atoms with E-state index < -0.39 is 0 Å². The lowest BCUT2D eigenvalue weighted by atomic mass is 9.80. The fourth-order valence-electron chi connectivity index (χ4n) is 3.80. The van der Waals surface area contributed by atoms with Gasteiger partial charge >= 0.3 is 0 Å². The molecule has 0 bridgehead atoms. The maximum Gasteiger partial charge on any atom is 0.222 e. The molecule has 7 nitrogen and oxygen atoms in total. The van der Waals surface area contributed by atoms with E-state index in [1.807, 2.05) is 42.5 Å². The Morgan fingerprint density at radius 3 is 2.57 bits per heavy atom. The Morgan fingerprint density at radius 2 is 1.83 bits per heavy atom. The van der Waals surface area contributed by atoms with Crippen molar-refractivity contribution in [2.75, 3.05) is 25.6 Å². The summed E-state index contributed by atoms with van der Waals surface area (Å²) in [6.45, 7) is 1.06. The van der Waals surface area contributed by atoms with E-state index in [-0.39, 0.29) is 6.04 Å². The minimum absolute atomic E-state index is 0.175. The van der Waals surface area contributed by atoms with Gasteiger partial charge in [-0.3, -0.25) is 0 Å². The molecule has 2 aromatic carbocycles. The standard InChI is InChI=1S/C23H26N4O3/c1-29-18-7-9-19(10-8-18)30-12-11-24-23-25-15-20-21(26-23)13-17(14-22(20)27-28)16-5-3-2-4-6-16/h2-10,15,17,22,27-28H,11-14H2,1H3,(H,24,25,26). The molecule has 2 unspecified atom stereocenters. The predicted octanol–water partition coefficient (Wildman–Crippen LogP) is 3.73. The van der Waals surface area contributed by atoms with Crippen molar-refractivity contribution in [3.63, 3.8) is 0 Å². The molecule has 1 heterocycles. The van der Waals surface area contributed by atoms with Crippen LogP contribution in [0.1, 0.15) is 35.2 Å². The van der Waals surface area contributed by atoms with Crippen molar-refractivity contribution in [2.24, 2.45) is 0 Å². The van der Waals surface area contributed by atoms with Crippen LogP contribution >= 0.6 is 0 Å². The van der Waals surface area contributed by atoms with E-state index in [4.69, 9.17) is 14.5 Å². The Morgan fingerprint density at radius 1 is 1.07 bits per heavy atom. The highest BCUT2D eigenvalue weighted by Gasteiger charge is 2.29. The number of hydrogen-bond acceptors (Lipinski definition) is 7. The fraction of sp³-hybridized carbons (Fsp3) is 0.304. The van der Waals surface area contributed by atoms with Crippen LogP contribution in [0.2, 0.25) is 0 Å². The molecule has 0 fully saturated rings. The number of nitrogens with zero attached hydrogens (tertiary/aromatic N) is 2. The smallest absolute Gasteiger partial charge is 0.222 e. The monoisotopic (exact) mass is 406 g/mol. The average Bonchev–Trinajstić information content (AvgIpc) is 2.82. The number of hydrogen-bond donors (Lipinski definition) is 3. The zero-order valence-corrected chi connectivity index (χ0v) is 16.9. The summed E-state index contributed by atoms with van der Waals surface area (Å²) < 4.78 is 10.9. The van der Waals surface area contributed by atoms with Crippen LogP contribution in [0.3, 0.4) is 0 Å². The van der Waals surface area contributed by atoms with Gasteiger partial charge in [-0.25, -0.2) is 9.97 Å². The largest absolute Gasteiger partial charge is 0.497 e. The Labute approximate surface area is 176 Å². The van der Waals surface area contributed by atoms with Crippen LogP contribution in [0, 0.1) is 0 Å². The van der Waals surface area contributed by atoms with Crippen molar-refractivity contribution < 1.29 is 14.7 Å².